The van der Waals surface area contributed by atoms with Crippen molar-refractivity contribution in [3.8, 4) is 0 Å². The number of halogens is 6. The fourth-order valence-electron chi connectivity index (χ4n) is 0.485. The van der Waals surface area contributed by atoms with E-state index in [0.717, 1.165) is 0 Å². The molecule has 0 unspecified atom stereocenters. The molecule has 0 aliphatic carbocycles. The number of ether oxygens (including phenoxy) is 1. The van der Waals surface area contributed by atoms with Gasteiger partial charge in [0.15, 0.2) is 0 Å². The Morgan fingerprint density at radius 1 is 1.08 bits per heavy atom. The van der Waals surface area contributed by atoms with E-state index in [1.807, 2.05) is 0 Å². The van der Waals surface area contributed by atoms with Gasteiger partial charge in [0.25, 0.3) is 6.10 Å². The summed E-state index contributed by atoms with van der Waals surface area (Å²) >= 11 is 0. The summed E-state index contributed by atoms with van der Waals surface area (Å²) in [6.45, 7) is 0.463. The molecule has 0 heterocycles. The number of esters is 1. The minimum Gasteiger partial charge on any atom is -0.443 e. The largest absolute Gasteiger partial charge is 0.443 e. The van der Waals surface area contributed by atoms with Gasteiger partial charge in [0.05, 0.1) is 0 Å². The summed E-state index contributed by atoms with van der Waals surface area (Å²) in [6.07, 6.45) is -15.3. The highest BCUT2D eigenvalue weighted by molar-refractivity contribution is 5.66. The summed E-state index contributed by atoms with van der Waals surface area (Å²) in [5.74, 6) is -1.64. The topological polar surface area (TPSA) is 26.3 Å². The van der Waals surface area contributed by atoms with Gasteiger partial charge in [-0.3, -0.25) is 4.79 Å². The van der Waals surface area contributed by atoms with Crippen molar-refractivity contribution in [2.24, 2.45) is 0 Å². The standard InChI is InChI=1S/C5H4F6O2/c1-2(12)13-3(4(6,7)8)5(9,10)11/h3H,1H3. The quantitative estimate of drug-likeness (QED) is 0.489. The van der Waals surface area contributed by atoms with Crippen LogP contribution < -0.4 is 0 Å². The van der Waals surface area contributed by atoms with Gasteiger partial charge in [-0.1, -0.05) is 0 Å². The van der Waals surface area contributed by atoms with E-state index in [0.29, 0.717) is 6.92 Å². The summed E-state index contributed by atoms with van der Waals surface area (Å²) in [4.78, 5) is 9.93. The third-order valence-corrected chi connectivity index (χ3v) is 0.878. The van der Waals surface area contributed by atoms with Crippen LogP contribution in [0.5, 0.6) is 0 Å². The highest BCUT2D eigenvalue weighted by Gasteiger charge is 2.59. The van der Waals surface area contributed by atoms with E-state index in [2.05, 4.69) is 4.74 Å². The van der Waals surface area contributed by atoms with E-state index in [1.54, 1.807) is 0 Å². The van der Waals surface area contributed by atoms with Crippen molar-refractivity contribution in [3.63, 3.8) is 0 Å². The molecule has 0 atom stereocenters. The van der Waals surface area contributed by atoms with Crippen molar-refractivity contribution < 1.29 is 35.9 Å². The molecule has 0 fully saturated rings. The molecule has 0 bridgehead atoms. The Morgan fingerprint density at radius 2 is 1.38 bits per heavy atom. The van der Waals surface area contributed by atoms with E-state index < -0.39 is 24.4 Å². The fraction of sp³-hybridized carbons (Fsp3) is 0.800. The van der Waals surface area contributed by atoms with Gasteiger partial charge < -0.3 is 4.74 Å². The van der Waals surface area contributed by atoms with Gasteiger partial charge in [-0.05, 0) is 0 Å². The second-order valence-corrected chi connectivity index (χ2v) is 2.07. The van der Waals surface area contributed by atoms with Crippen LogP contribution in [0.25, 0.3) is 0 Å². The Labute approximate surface area is 68.5 Å². The average Bonchev–Trinajstić information content (AvgIpc) is 1.77. The predicted octanol–water partition coefficient (Wildman–Crippen LogP) is 2.04. The number of hydrogen-bond acceptors (Lipinski definition) is 2. The second kappa shape index (κ2) is 3.43. The van der Waals surface area contributed by atoms with Crippen LogP contribution in [0, 0.1) is 0 Å². The van der Waals surface area contributed by atoms with Gasteiger partial charge in [-0.25, -0.2) is 0 Å². The number of hydrogen-bond donors (Lipinski definition) is 0. The zero-order chi connectivity index (χ0) is 10.9. The maximum absolute atomic E-state index is 11.6. The Balaban J connectivity index is 4.68. The molecule has 0 aliphatic heterocycles. The second-order valence-electron chi connectivity index (χ2n) is 2.07. The smallest absolute Gasteiger partial charge is 0.434 e. The van der Waals surface area contributed by atoms with Crippen molar-refractivity contribution in [1.29, 1.82) is 0 Å². The van der Waals surface area contributed by atoms with Gasteiger partial charge >= 0.3 is 18.3 Å². The molecule has 8 heteroatoms. The van der Waals surface area contributed by atoms with Crippen LogP contribution in [0.2, 0.25) is 0 Å². The maximum atomic E-state index is 11.6. The third-order valence-electron chi connectivity index (χ3n) is 0.878. The molecule has 0 saturated heterocycles. The lowest BCUT2D eigenvalue weighted by Crippen LogP contribution is -2.45. The summed E-state index contributed by atoms with van der Waals surface area (Å²) in [5, 5.41) is 0. The highest BCUT2D eigenvalue weighted by Crippen LogP contribution is 2.35. The van der Waals surface area contributed by atoms with Gasteiger partial charge in [-0.2, -0.15) is 26.3 Å². The molecule has 0 aromatic rings. The lowest BCUT2D eigenvalue weighted by molar-refractivity contribution is -0.312. The van der Waals surface area contributed by atoms with Crippen LogP contribution in [0.1, 0.15) is 6.92 Å². The van der Waals surface area contributed by atoms with Crippen LogP contribution in [0.3, 0.4) is 0 Å². The summed E-state index contributed by atoms with van der Waals surface area (Å²) in [5.41, 5.74) is 0. The Hall–Kier alpha value is -0.950. The fourth-order valence-corrected chi connectivity index (χ4v) is 0.485. The Kier molecular flexibility index (Phi) is 3.18. The number of carbonyl (C=O) groups is 1. The lowest BCUT2D eigenvalue weighted by atomic mass is 10.3. The lowest BCUT2D eigenvalue weighted by Gasteiger charge is -2.21. The van der Waals surface area contributed by atoms with Crippen LogP contribution in [-0.2, 0) is 9.53 Å². The minimum absolute atomic E-state index is 0.463. The molecule has 0 aromatic heterocycles. The molecule has 0 amide bonds. The summed E-state index contributed by atoms with van der Waals surface area (Å²) < 4.78 is 72.6. The molecule has 0 rings (SSSR count). The highest BCUT2D eigenvalue weighted by atomic mass is 19.4. The zero-order valence-electron chi connectivity index (χ0n) is 6.16. The van der Waals surface area contributed by atoms with E-state index in [1.165, 1.54) is 0 Å². The van der Waals surface area contributed by atoms with E-state index >= 15 is 0 Å². The molecule has 0 saturated carbocycles. The van der Waals surface area contributed by atoms with Gasteiger partial charge in [0.1, 0.15) is 0 Å². The summed E-state index contributed by atoms with van der Waals surface area (Å²) in [6, 6.07) is 0. The Morgan fingerprint density at radius 3 is 1.46 bits per heavy atom. The van der Waals surface area contributed by atoms with Gasteiger partial charge in [-0.15, -0.1) is 0 Å². The van der Waals surface area contributed by atoms with E-state index in [9.17, 15) is 31.1 Å². The van der Waals surface area contributed by atoms with Crippen molar-refractivity contribution in [2.45, 2.75) is 25.4 Å². The normalized spacial score (nSPS) is 13.2. The predicted molar refractivity (Wildman–Crippen MR) is 27.7 cm³/mol. The molecule has 0 aliphatic rings. The van der Waals surface area contributed by atoms with Gasteiger partial charge in [0, 0.05) is 6.92 Å². The first-order valence-electron chi connectivity index (χ1n) is 2.86. The molecular formula is C5H4F6O2. The molecule has 78 valence electrons. The Bertz CT molecular complexity index is 178. The van der Waals surface area contributed by atoms with Crippen LogP contribution in [-0.4, -0.2) is 24.4 Å². The molecule has 2 nitrogen and oxygen atoms in total. The minimum atomic E-state index is -5.64. The number of alkyl halides is 6. The SMILES string of the molecule is CC(=O)OC(C(F)(F)F)C(F)(F)F. The van der Waals surface area contributed by atoms with Gasteiger partial charge in [0.2, 0.25) is 0 Å². The zero-order valence-corrected chi connectivity index (χ0v) is 6.16. The van der Waals surface area contributed by atoms with Crippen LogP contribution in [0.15, 0.2) is 0 Å². The van der Waals surface area contributed by atoms with Crippen molar-refractivity contribution in [2.75, 3.05) is 0 Å². The first kappa shape index (κ1) is 12.0. The molecule has 0 spiro atoms. The van der Waals surface area contributed by atoms with E-state index in [-0.39, 0.29) is 0 Å². The van der Waals surface area contributed by atoms with Crippen molar-refractivity contribution in [1.82, 2.24) is 0 Å². The van der Waals surface area contributed by atoms with Crippen LogP contribution in [0.4, 0.5) is 26.3 Å². The first-order chi connectivity index (χ1) is 5.55. The van der Waals surface area contributed by atoms with E-state index in [4.69, 9.17) is 0 Å². The number of rotatable bonds is 1. The summed E-state index contributed by atoms with van der Waals surface area (Å²) in [7, 11) is 0. The number of carbonyl (C=O) groups excluding carboxylic acids is 1. The molecular weight excluding hydrogens is 206 g/mol. The average molecular weight is 210 g/mol. The molecule has 0 radical (unpaired) electrons. The van der Waals surface area contributed by atoms with Crippen molar-refractivity contribution in [3.05, 3.63) is 0 Å². The molecule has 0 aromatic carbocycles. The molecule has 0 N–H and O–H groups in total. The first-order valence-corrected chi connectivity index (χ1v) is 2.86. The van der Waals surface area contributed by atoms with Crippen LogP contribution >= 0.6 is 0 Å². The third kappa shape index (κ3) is 4.00. The van der Waals surface area contributed by atoms with Crippen molar-refractivity contribution >= 4 is 5.97 Å². The monoisotopic (exact) mass is 210 g/mol. The maximum Gasteiger partial charge on any atom is 0.434 e. The molecule has 13 heavy (non-hydrogen) atoms.